The zero-order valence-electron chi connectivity index (χ0n) is 18.5. The average molecular weight is 445 g/mol. The number of nitrogen functional groups attached to an aromatic ring is 1. The lowest BCUT2D eigenvalue weighted by molar-refractivity contribution is -0.143. The Kier molecular flexibility index (Phi) is 8.18. The molecule has 1 atom stereocenters. The molecule has 0 fully saturated rings. The molecule has 7 nitrogen and oxygen atoms in total. The molecule has 0 radical (unpaired) electrons. The van der Waals surface area contributed by atoms with Gasteiger partial charge in [0.25, 0.3) is 5.91 Å². The molecule has 0 aliphatic carbocycles. The van der Waals surface area contributed by atoms with Crippen molar-refractivity contribution in [3.8, 4) is 0 Å². The Morgan fingerprint density at radius 2 is 1.70 bits per heavy atom. The molecular weight excluding hydrogens is 416 g/mol. The first-order valence-electron chi connectivity index (χ1n) is 10.7. The minimum Gasteiger partial charge on any atom is -0.466 e. The SMILES string of the molecule is CCOC(=O)CC(NC(=O)c1cccc(NCc2ccc(C(=N)N)cc2)c1)c1ccccc1. The normalized spacial score (nSPS) is 11.3. The minimum absolute atomic E-state index is 0.0324. The second kappa shape index (κ2) is 11.5. The van der Waals surface area contributed by atoms with Crippen molar-refractivity contribution in [1.29, 1.82) is 5.41 Å². The molecule has 0 saturated heterocycles. The zero-order chi connectivity index (χ0) is 23.6. The van der Waals surface area contributed by atoms with Crippen LogP contribution in [0.4, 0.5) is 5.69 Å². The standard InChI is InChI=1S/C26H28N4O3/c1-2-33-24(31)16-23(19-7-4-3-5-8-19)30-26(32)21-9-6-10-22(15-21)29-17-18-11-13-20(14-12-18)25(27)28/h3-15,23,29H,2,16-17H2,1H3,(H3,27,28)(H,30,32). The van der Waals surface area contributed by atoms with Gasteiger partial charge in [-0.2, -0.15) is 0 Å². The number of rotatable bonds is 10. The van der Waals surface area contributed by atoms with Gasteiger partial charge in [0.05, 0.1) is 19.1 Å². The maximum Gasteiger partial charge on any atom is 0.308 e. The molecule has 0 heterocycles. The molecule has 0 aliphatic heterocycles. The van der Waals surface area contributed by atoms with E-state index in [1.807, 2.05) is 48.5 Å². The number of carbonyl (C=O) groups is 2. The molecule has 7 heteroatoms. The Labute approximate surface area is 193 Å². The summed E-state index contributed by atoms with van der Waals surface area (Å²) >= 11 is 0. The third kappa shape index (κ3) is 6.93. The average Bonchev–Trinajstić information content (AvgIpc) is 2.83. The predicted octanol–water partition coefficient (Wildman–Crippen LogP) is 4.01. The van der Waals surface area contributed by atoms with Crippen LogP contribution in [0.3, 0.4) is 0 Å². The Hall–Kier alpha value is -4.13. The second-order valence-electron chi connectivity index (χ2n) is 7.49. The molecule has 0 spiro atoms. The summed E-state index contributed by atoms with van der Waals surface area (Å²) in [6.07, 6.45) is 0.0534. The van der Waals surface area contributed by atoms with Crippen LogP contribution in [0, 0.1) is 5.41 Å². The summed E-state index contributed by atoms with van der Waals surface area (Å²) in [5.74, 6) is -0.606. The monoisotopic (exact) mass is 444 g/mol. The van der Waals surface area contributed by atoms with Crippen LogP contribution in [-0.2, 0) is 16.1 Å². The van der Waals surface area contributed by atoms with Crippen LogP contribution in [0.25, 0.3) is 0 Å². The number of hydrogen-bond donors (Lipinski definition) is 4. The number of amidine groups is 1. The van der Waals surface area contributed by atoms with E-state index in [1.165, 1.54) is 0 Å². The van der Waals surface area contributed by atoms with Gasteiger partial charge in [-0.1, -0.05) is 60.7 Å². The molecule has 1 unspecified atom stereocenters. The van der Waals surface area contributed by atoms with E-state index in [9.17, 15) is 9.59 Å². The number of benzene rings is 3. The molecule has 3 aromatic carbocycles. The van der Waals surface area contributed by atoms with Gasteiger partial charge in [-0.25, -0.2) is 0 Å². The molecule has 170 valence electrons. The van der Waals surface area contributed by atoms with Gasteiger partial charge in [0, 0.05) is 23.4 Å². The minimum atomic E-state index is -0.492. The molecule has 5 N–H and O–H groups in total. The highest BCUT2D eigenvalue weighted by molar-refractivity contribution is 5.96. The van der Waals surface area contributed by atoms with Crippen LogP contribution in [0.2, 0.25) is 0 Å². The molecule has 3 rings (SSSR count). The number of amides is 1. The maximum atomic E-state index is 13.0. The highest BCUT2D eigenvalue weighted by Crippen LogP contribution is 2.19. The molecule has 0 aromatic heterocycles. The van der Waals surface area contributed by atoms with Crippen molar-refractivity contribution in [2.24, 2.45) is 5.73 Å². The molecule has 0 saturated carbocycles. The van der Waals surface area contributed by atoms with Gasteiger partial charge in [-0.3, -0.25) is 15.0 Å². The van der Waals surface area contributed by atoms with Crippen LogP contribution in [0.1, 0.15) is 46.4 Å². The first kappa shape index (κ1) is 23.5. The van der Waals surface area contributed by atoms with Crippen LogP contribution >= 0.6 is 0 Å². The van der Waals surface area contributed by atoms with E-state index in [0.717, 1.165) is 16.8 Å². The van der Waals surface area contributed by atoms with E-state index in [1.54, 1.807) is 37.3 Å². The highest BCUT2D eigenvalue weighted by Gasteiger charge is 2.20. The van der Waals surface area contributed by atoms with E-state index < -0.39 is 6.04 Å². The van der Waals surface area contributed by atoms with Crippen LogP contribution in [0.5, 0.6) is 0 Å². The van der Waals surface area contributed by atoms with Gasteiger partial charge >= 0.3 is 5.97 Å². The number of nitrogens with two attached hydrogens (primary N) is 1. The summed E-state index contributed by atoms with van der Waals surface area (Å²) in [7, 11) is 0. The molecule has 3 aromatic rings. The third-order valence-corrected chi connectivity index (χ3v) is 5.07. The Balaban J connectivity index is 1.67. The van der Waals surface area contributed by atoms with Crippen LogP contribution < -0.4 is 16.4 Å². The second-order valence-corrected chi connectivity index (χ2v) is 7.49. The van der Waals surface area contributed by atoms with E-state index >= 15 is 0 Å². The van der Waals surface area contributed by atoms with Gasteiger partial charge in [0.15, 0.2) is 0 Å². The summed E-state index contributed by atoms with van der Waals surface area (Å²) in [5, 5.41) is 13.7. The topological polar surface area (TPSA) is 117 Å². The van der Waals surface area contributed by atoms with E-state index in [2.05, 4.69) is 10.6 Å². The Morgan fingerprint density at radius 1 is 0.970 bits per heavy atom. The summed E-state index contributed by atoms with van der Waals surface area (Å²) in [5.41, 5.74) is 9.30. The number of hydrogen-bond acceptors (Lipinski definition) is 5. The van der Waals surface area contributed by atoms with Gasteiger partial charge in [0.1, 0.15) is 5.84 Å². The van der Waals surface area contributed by atoms with Gasteiger partial charge < -0.3 is 21.1 Å². The lowest BCUT2D eigenvalue weighted by atomic mass is 10.0. The van der Waals surface area contributed by atoms with E-state index in [0.29, 0.717) is 24.3 Å². The lowest BCUT2D eigenvalue weighted by Gasteiger charge is -2.19. The molecule has 0 aliphatic rings. The van der Waals surface area contributed by atoms with Gasteiger partial charge in [-0.15, -0.1) is 0 Å². The first-order valence-corrected chi connectivity index (χ1v) is 10.7. The first-order chi connectivity index (χ1) is 16.0. The number of carbonyl (C=O) groups excluding carboxylic acids is 2. The molecule has 1 amide bonds. The summed E-state index contributed by atoms with van der Waals surface area (Å²) in [4.78, 5) is 25.0. The fourth-order valence-electron chi connectivity index (χ4n) is 3.34. The Morgan fingerprint density at radius 3 is 2.36 bits per heavy atom. The zero-order valence-corrected chi connectivity index (χ0v) is 18.5. The van der Waals surface area contributed by atoms with Crippen LogP contribution in [-0.4, -0.2) is 24.3 Å². The molecule has 33 heavy (non-hydrogen) atoms. The molecular formula is C26H28N4O3. The molecule has 0 bridgehead atoms. The van der Waals surface area contributed by atoms with Crippen LogP contribution in [0.15, 0.2) is 78.9 Å². The third-order valence-electron chi connectivity index (χ3n) is 5.07. The fraction of sp³-hybridized carbons (Fsp3) is 0.192. The number of nitrogens with one attached hydrogen (secondary N) is 3. The summed E-state index contributed by atoms with van der Waals surface area (Å²) in [6, 6.07) is 23.5. The number of anilines is 1. The van der Waals surface area contributed by atoms with Crippen molar-refractivity contribution in [2.75, 3.05) is 11.9 Å². The largest absolute Gasteiger partial charge is 0.466 e. The smallest absolute Gasteiger partial charge is 0.308 e. The highest BCUT2D eigenvalue weighted by atomic mass is 16.5. The van der Waals surface area contributed by atoms with E-state index in [-0.39, 0.29) is 24.1 Å². The van der Waals surface area contributed by atoms with Crippen molar-refractivity contribution >= 4 is 23.4 Å². The summed E-state index contributed by atoms with van der Waals surface area (Å²) in [6.45, 7) is 2.60. The number of ether oxygens (including phenoxy) is 1. The predicted molar refractivity (Wildman–Crippen MR) is 129 cm³/mol. The lowest BCUT2D eigenvalue weighted by Crippen LogP contribution is -2.30. The van der Waals surface area contributed by atoms with Crippen molar-refractivity contribution in [3.63, 3.8) is 0 Å². The fourth-order valence-corrected chi connectivity index (χ4v) is 3.34. The van der Waals surface area contributed by atoms with Crippen molar-refractivity contribution in [3.05, 3.63) is 101 Å². The van der Waals surface area contributed by atoms with Crippen molar-refractivity contribution in [2.45, 2.75) is 25.9 Å². The van der Waals surface area contributed by atoms with Crippen molar-refractivity contribution in [1.82, 2.24) is 5.32 Å². The van der Waals surface area contributed by atoms with E-state index in [4.69, 9.17) is 15.9 Å². The van der Waals surface area contributed by atoms with Gasteiger partial charge in [0.2, 0.25) is 0 Å². The number of esters is 1. The quantitative estimate of drug-likeness (QED) is 0.214. The van der Waals surface area contributed by atoms with Crippen molar-refractivity contribution < 1.29 is 14.3 Å². The summed E-state index contributed by atoms with van der Waals surface area (Å²) < 4.78 is 5.08. The Bertz CT molecular complexity index is 1100. The maximum absolute atomic E-state index is 13.0. The van der Waals surface area contributed by atoms with Gasteiger partial charge in [-0.05, 0) is 36.2 Å².